The zero-order chi connectivity index (χ0) is 13.8. The van der Waals surface area contributed by atoms with Gasteiger partial charge < -0.3 is 4.74 Å². The fraction of sp³-hybridized carbons (Fsp3) is 0.294. The smallest absolute Gasteiger partial charge is 0.127 e. The molecule has 0 atom stereocenters. The van der Waals surface area contributed by atoms with Gasteiger partial charge in [0.05, 0.1) is 0 Å². The highest BCUT2D eigenvalue weighted by Gasteiger charge is 1.95. The summed E-state index contributed by atoms with van der Waals surface area (Å²) in [4.78, 5) is 0. The molecule has 0 aromatic heterocycles. The first-order valence-corrected chi connectivity index (χ1v) is 6.64. The van der Waals surface area contributed by atoms with E-state index in [-0.39, 0.29) is 0 Å². The Morgan fingerprint density at radius 2 is 1.22 bits per heavy atom. The molecule has 0 N–H and O–H groups in total. The van der Waals surface area contributed by atoms with Gasteiger partial charge in [-0.3, -0.25) is 0 Å². The molecule has 0 fully saturated rings. The minimum absolute atomic E-state index is 0.873. The SMILES string of the molecule is CC.CC.Cc1cccc(Oc2ccccc2)c1. The molecule has 0 saturated carbocycles. The van der Waals surface area contributed by atoms with Crippen LogP contribution in [0.2, 0.25) is 0 Å². The van der Waals surface area contributed by atoms with Crippen molar-refractivity contribution in [3.05, 3.63) is 60.2 Å². The Labute approximate surface area is 111 Å². The monoisotopic (exact) mass is 244 g/mol. The van der Waals surface area contributed by atoms with E-state index in [9.17, 15) is 0 Å². The van der Waals surface area contributed by atoms with Crippen LogP contribution in [0.15, 0.2) is 54.6 Å². The van der Waals surface area contributed by atoms with E-state index in [4.69, 9.17) is 4.74 Å². The molecule has 0 heterocycles. The summed E-state index contributed by atoms with van der Waals surface area (Å²) in [7, 11) is 0. The fourth-order valence-electron chi connectivity index (χ4n) is 1.30. The topological polar surface area (TPSA) is 9.23 Å². The summed E-state index contributed by atoms with van der Waals surface area (Å²) in [5.41, 5.74) is 1.21. The molecule has 0 aliphatic heterocycles. The molecule has 1 nitrogen and oxygen atoms in total. The molecule has 0 saturated heterocycles. The number of aryl methyl sites for hydroxylation is 1. The lowest BCUT2D eigenvalue weighted by molar-refractivity contribution is 0.482. The largest absolute Gasteiger partial charge is 0.457 e. The molecule has 0 radical (unpaired) electrons. The van der Waals surface area contributed by atoms with Crippen molar-refractivity contribution in [1.29, 1.82) is 0 Å². The Hall–Kier alpha value is -1.76. The summed E-state index contributed by atoms with van der Waals surface area (Å²) in [6, 6.07) is 17.8. The van der Waals surface area contributed by atoms with Crippen molar-refractivity contribution in [2.24, 2.45) is 0 Å². The fourth-order valence-corrected chi connectivity index (χ4v) is 1.30. The Bertz CT molecular complexity index is 407. The molecule has 18 heavy (non-hydrogen) atoms. The van der Waals surface area contributed by atoms with Crippen molar-refractivity contribution in [2.75, 3.05) is 0 Å². The maximum Gasteiger partial charge on any atom is 0.127 e. The predicted molar refractivity (Wildman–Crippen MR) is 80.4 cm³/mol. The Kier molecular flexibility index (Phi) is 9.38. The molecular weight excluding hydrogens is 220 g/mol. The van der Waals surface area contributed by atoms with Crippen LogP contribution >= 0.6 is 0 Å². The zero-order valence-electron chi connectivity index (χ0n) is 12.1. The standard InChI is InChI=1S/C13H12O.2C2H6/c1-11-6-5-9-13(10-11)14-12-7-3-2-4-8-12;2*1-2/h2-10H,1H3;2*1-2H3. The van der Waals surface area contributed by atoms with E-state index in [0.717, 1.165) is 11.5 Å². The van der Waals surface area contributed by atoms with Gasteiger partial charge in [0.2, 0.25) is 0 Å². The van der Waals surface area contributed by atoms with E-state index in [1.807, 2.05) is 76.2 Å². The predicted octanol–water partition coefficient (Wildman–Crippen LogP) is 5.84. The molecule has 0 aliphatic rings. The van der Waals surface area contributed by atoms with Crippen LogP contribution in [0.5, 0.6) is 11.5 Å². The lowest BCUT2D eigenvalue weighted by Gasteiger charge is -2.05. The average Bonchev–Trinajstić information content (AvgIpc) is 2.44. The van der Waals surface area contributed by atoms with Gasteiger partial charge in [-0.15, -0.1) is 0 Å². The number of hydrogen-bond acceptors (Lipinski definition) is 1. The summed E-state index contributed by atoms with van der Waals surface area (Å²) < 4.78 is 5.66. The number of para-hydroxylation sites is 1. The van der Waals surface area contributed by atoms with Crippen molar-refractivity contribution in [1.82, 2.24) is 0 Å². The maximum atomic E-state index is 5.66. The first-order valence-electron chi connectivity index (χ1n) is 6.64. The van der Waals surface area contributed by atoms with Gasteiger partial charge in [-0.25, -0.2) is 0 Å². The van der Waals surface area contributed by atoms with Crippen molar-refractivity contribution in [3.8, 4) is 11.5 Å². The summed E-state index contributed by atoms with van der Waals surface area (Å²) >= 11 is 0. The van der Waals surface area contributed by atoms with E-state index in [0.29, 0.717) is 0 Å². The highest BCUT2D eigenvalue weighted by Crippen LogP contribution is 2.21. The van der Waals surface area contributed by atoms with Crippen LogP contribution in [0.3, 0.4) is 0 Å². The van der Waals surface area contributed by atoms with Crippen LogP contribution in [-0.2, 0) is 0 Å². The van der Waals surface area contributed by atoms with Crippen LogP contribution < -0.4 is 4.74 Å². The van der Waals surface area contributed by atoms with E-state index < -0.39 is 0 Å². The van der Waals surface area contributed by atoms with Crippen LogP contribution in [0.4, 0.5) is 0 Å². The number of hydrogen-bond donors (Lipinski definition) is 0. The van der Waals surface area contributed by atoms with Gasteiger partial charge in [0.15, 0.2) is 0 Å². The number of rotatable bonds is 2. The van der Waals surface area contributed by atoms with Crippen molar-refractivity contribution in [3.63, 3.8) is 0 Å². The molecular formula is C17H24O. The van der Waals surface area contributed by atoms with Gasteiger partial charge in [-0.1, -0.05) is 58.0 Å². The molecule has 2 rings (SSSR count). The second-order valence-corrected chi connectivity index (χ2v) is 3.23. The second kappa shape index (κ2) is 10.4. The minimum Gasteiger partial charge on any atom is -0.457 e. The highest BCUT2D eigenvalue weighted by atomic mass is 16.5. The zero-order valence-corrected chi connectivity index (χ0v) is 12.1. The third-order valence-electron chi connectivity index (χ3n) is 1.97. The molecule has 0 aliphatic carbocycles. The van der Waals surface area contributed by atoms with E-state index in [1.165, 1.54) is 5.56 Å². The van der Waals surface area contributed by atoms with Gasteiger partial charge in [0, 0.05) is 0 Å². The quantitative estimate of drug-likeness (QED) is 0.644. The first kappa shape index (κ1) is 16.2. The summed E-state index contributed by atoms with van der Waals surface area (Å²) in [6.07, 6.45) is 0. The summed E-state index contributed by atoms with van der Waals surface area (Å²) in [5.74, 6) is 1.76. The van der Waals surface area contributed by atoms with Crippen LogP contribution in [0.1, 0.15) is 33.3 Å². The van der Waals surface area contributed by atoms with E-state index >= 15 is 0 Å². The van der Waals surface area contributed by atoms with E-state index in [2.05, 4.69) is 13.0 Å². The molecule has 0 amide bonds. The average molecular weight is 244 g/mol. The third kappa shape index (κ3) is 6.09. The van der Waals surface area contributed by atoms with Gasteiger partial charge in [0.25, 0.3) is 0 Å². The molecule has 0 bridgehead atoms. The lowest BCUT2D eigenvalue weighted by Crippen LogP contribution is -1.83. The van der Waals surface area contributed by atoms with Gasteiger partial charge in [-0.05, 0) is 36.8 Å². The third-order valence-corrected chi connectivity index (χ3v) is 1.97. The maximum absolute atomic E-state index is 5.66. The first-order chi connectivity index (χ1) is 8.84. The molecule has 98 valence electrons. The molecule has 0 spiro atoms. The van der Waals surface area contributed by atoms with Crippen molar-refractivity contribution in [2.45, 2.75) is 34.6 Å². The van der Waals surface area contributed by atoms with Crippen LogP contribution in [0, 0.1) is 6.92 Å². The van der Waals surface area contributed by atoms with E-state index in [1.54, 1.807) is 0 Å². The van der Waals surface area contributed by atoms with Crippen LogP contribution in [0.25, 0.3) is 0 Å². The number of benzene rings is 2. The normalized spacial score (nSPS) is 8.28. The second-order valence-electron chi connectivity index (χ2n) is 3.23. The minimum atomic E-state index is 0.873. The molecule has 0 unspecified atom stereocenters. The highest BCUT2D eigenvalue weighted by molar-refractivity contribution is 5.33. The van der Waals surface area contributed by atoms with Crippen LogP contribution in [-0.4, -0.2) is 0 Å². The van der Waals surface area contributed by atoms with Gasteiger partial charge >= 0.3 is 0 Å². The van der Waals surface area contributed by atoms with Gasteiger partial charge in [-0.2, -0.15) is 0 Å². The van der Waals surface area contributed by atoms with Crippen molar-refractivity contribution >= 4 is 0 Å². The molecule has 2 aromatic carbocycles. The Morgan fingerprint density at radius 3 is 1.78 bits per heavy atom. The summed E-state index contributed by atoms with van der Waals surface area (Å²) in [5, 5.41) is 0. The Balaban J connectivity index is 0.000000659. The molecule has 1 heteroatoms. The van der Waals surface area contributed by atoms with Crippen molar-refractivity contribution < 1.29 is 4.74 Å². The van der Waals surface area contributed by atoms with Gasteiger partial charge in [0.1, 0.15) is 11.5 Å². The molecule has 2 aromatic rings. The summed E-state index contributed by atoms with van der Waals surface area (Å²) in [6.45, 7) is 10.1. The Morgan fingerprint density at radius 1 is 0.667 bits per heavy atom. The lowest BCUT2D eigenvalue weighted by atomic mass is 10.2. The number of ether oxygens (including phenoxy) is 1.